The van der Waals surface area contributed by atoms with Gasteiger partial charge in [-0.3, -0.25) is 0 Å². The van der Waals surface area contributed by atoms with Crippen molar-refractivity contribution in [3.63, 3.8) is 0 Å². The van der Waals surface area contributed by atoms with E-state index in [1.807, 2.05) is 0 Å². The van der Waals surface area contributed by atoms with Crippen molar-refractivity contribution < 1.29 is 0 Å². The summed E-state index contributed by atoms with van der Waals surface area (Å²) in [5.41, 5.74) is 0.554. The van der Waals surface area contributed by atoms with Crippen LogP contribution in [0.25, 0.3) is 0 Å². The van der Waals surface area contributed by atoms with Crippen LogP contribution < -0.4 is 5.32 Å². The molecule has 9 heavy (non-hydrogen) atoms. The molecule has 0 amide bonds. The Morgan fingerprint density at radius 1 is 1.44 bits per heavy atom. The number of nitrogens with one attached hydrogen (secondary N) is 1. The molecule has 1 saturated carbocycles. The molecule has 0 unspecified atom stereocenters. The van der Waals surface area contributed by atoms with E-state index in [4.69, 9.17) is 0 Å². The zero-order valence-corrected chi connectivity index (χ0v) is 6.28. The molecule has 1 aliphatic heterocycles. The second-order valence-electron chi connectivity index (χ2n) is 3.81. The summed E-state index contributed by atoms with van der Waals surface area (Å²) in [6.45, 7) is 4.73. The van der Waals surface area contributed by atoms with Gasteiger partial charge in [0.15, 0.2) is 0 Å². The van der Waals surface area contributed by atoms with Crippen LogP contribution in [0.15, 0.2) is 0 Å². The van der Waals surface area contributed by atoms with Gasteiger partial charge in [0.25, 0.3) is 0 Å². The lowest BCUT2D eigenvalue weighted by Crippen LogP contribution is -2.25. The fourth-order valence-corrected chi connectivity index (χ4v) is 2.12. The third kappa shape index (κ3) is 0.644. The molecule has 2 aliphatic rings. The molecule has 1 aliphatic carbocycles. The summed E-state index contributed by atoms with van der Waals surface area (Å²) in [4.78, 5) is 0. The summed E-state index contributed by atoms with van der Waals surface area (Å²) in [5.74, 6) is 0.913. The maximum atomic E-state index is 3.56. The fourth-order valence-electron chi connectivity index (χ4n) is 2.12. The van der Waals surface area contributed by atoms with Gasteiger partial charge in [0.1, 0.15) is 0 Å². The van der Waals surface area contributed by atoms with E-state index >= 15 is 0 Å². The lowest BCUT2D eigenvalue weighted by molar-refractivity contribution is 0.351. The third-order valence-electron chi connectivity index (χ3n) is 3.28. The molecule has 1 saturated heterocycles. The fraction of sp³-hybridized carbons (Fsp3) is 1.00. The van der Waals surface area contributed by atoms with E-state index in [1.54, 1.807) is 0 Å². The van der Waals surface area contributed by atoms with Gasteiger partial charge in [0.2, 0.25) is 0 Å². The van der Waals surface area contributed by atoms with Crippen LogP contribution in [0.1, 0.15) is 33.1 Å². The van der Waals surface area contributed by atoms with Crippen molar-refractivity contribution in [2.24, 2.45) is 5.92 Å². The molecular formula is C8H15N. The van der Waals surface area contributed by atoms with Crippen molar-refractivity contribution in [3.05, 3.63) is 0 Å². The van der Waals surface area contributed by atoms with Gasteiger partial charge in [-0.25, -0.2) is 0 Å². The quantitative estimate of drug-likeness (QED) is 0.487. The van der Waals surface area contributed by atoms with Crippen molar-refractivity contribution in [2.75, 3.05) is 0 Å². The van der Waals surface area contributed by atoms with Crippen molar-refractivity contribution in [1.29, 1.82) is 0 Å². The second-order valence-corrected chi connectivity index (χ2v) is 3.81. The molecule has 2 fully saturated rings. The monoisotopic (exact) mass is 125 g/mol. The first-order chi connectivity index (χ1) is 4.23. The Morgan fingerprint density at radius 2 is 2.22 bits per heavy atom. The van der Waals surface area contributed by atoms with Crippen molar-refractivity contribution in [1.82, 2.24) is 5.32 Å². The molecule has 2 rings (SSSR count). The molecule has 0 bridgehead atoms. The zero-order chi connectivity index (χ0) is 6.48. The SMILES string of the molecule is C[C@H]1CCC[C@@H]2N[C@@]21C. The van der Waals surface area contributed by atoms with E-state index in [9.17, 15) is 0 Å². The molecule has 0 aromatic heterocycles. The van der Waals surface area contributed by atoms with Crippen molar-refractivity contribution >= 4 is 0 Å². The number of hydrogen-bond acceptors (Lipinski definition) is 1. The van der Waals surface area contributed by atoms with E-state index in [2.05, 4.69) is 19.2 Å². The molecule has 0 aromatic rings. The number of fused-ring (bicyclic) bond motifs is 1. The maximum absolute atomic E-state index is 3.56. The summed E-state index contributed by atoms with van der Waals surface area (Å²) >= 11 is 0. The average Bonchev–Trinajstić information content (AvgIpc) is 2.44. The van der Waals surface area contributed by atoms with Crippen LogP contribution in [0.5, 0.6) is 0 Å². The molecule has 1 heteroatoms. The van der Waals surface area contributed by atoms with Crippen LogP contribution in [-0.2, 0) is 0 Å². The minimum absolute atomic E-state index is 0.554. The Balaban J connectivity index is 2.10. The Morgan fingerprint density at radius 3 is 2.78 bits per heavy atom. The largest absolute Gasteiger partial charge is 0.305 e. The number of rotatable bonds is 0. The van der Waals surface area contributed by atoms with Gasteiger partial charge >= 0.3 is 0 Å². The highest BCUT2D eigenvalue weighted by atomic mass is 15.2. The predicted octanol–water partition coefficient (Wildman–Crippen LogP) is 1.54. The van der Waals surface area contributed by atoms with Gasteiger partial charge < -0.3 is 5.32 Å². The lowest BCUT2D eigenvalue weighted by Gasteiger charge is -2.22. The average molecular weight is 125 g/mol. The summed E-state index contributed by atoms with van der Waals surface area (Å²) in [6, 6.07) is 0.876. The summed E-state index contributed by atoms with van der Waals surface area (Å²) in [6.07, 6.45) is 4.29. The molecule has 1 nitrogen and oxygen atoms in total. The maximum Gasteiger partial charge on any atom is 0.0335 e. The minimum atomic E-state index is 0.554. The first kappa shape index (κ1) is 5.72. The van der Waals surface area contributed by atoms with Crippen LogP contribution in [0.3, 0.4) is 0 Å². The van der Waals surface area contributed by atoms with Crippen LogP contribution in [0.2, 0.25) is 0 Å². The van der Waals surface area contributed by atoms with E-state index in [-0.39, 0.29) is 0 Å². The van der Waals surface area contributed by atoms with Crippen LogP contribution >= 0.6 is 0 Å². The van der Waals surface area contributed by atoms with Crippen molar-refractivity contribution in [3.8, 4) is 0 Å². The zero-order valence-electron chi connectivity index (χ0n) is 6.28. The van der Waals surface area contributed by atoms with Gasteiger partial charge in [0.05, 0.1) is 0 Å². The highest BCUT2D eigenvalue weighted by molar-refractivity contribution is 5.15. The molecule has 1 heterocycles. The molecule has 3 atom stereocenters. The summed E-state index contributed by atoms with van der Waals surface area (Å²) in [7, 11) is 0. The van der Waals surface area contributed by atoms with Crippen LogP contribution in [-0.4, -0.2) is 11.6 Å². The molecule has 0 radical (unpaired) electrons. The first-order valence-electron chi connectivity index (χ1n) is 4.01. The van der Waals surface area contributed by atoms with Gasteiger partial charge in [-0.15, -0.1) is 0 Å². The number of hydrogen-bond donors (Lipinski definition) is 1. The Kier molecular flexibility index (Phi) is 0.963. The van der Waals surface area contributed by atoms with E-state index < -0.39 is 0 Å². The lowest BCUT2D eigenvalue weighted by atomic mass is 9.81. The molecule has 1 N–H and O–H groups in total. The molecule has 0 aromatic carbocycles. The van der Waals surface area contributed by atoms with Gasteiger partial charge in [-0.05, 0) is 25.7 Å². The van der Waals surface area contributed by atoms with Gasteiger partial charge in [-0.1, -0.05) is 13.3 Å². The topological polar surface area (TPSA) is 21.9 Å². The normalized spacial score (nSPS) is 56.7. The highest BCUT2D eigenvalue weighted by Gasteiger charge is 2.54. The smallest absolute Gasteiger partial charge is 0.0335 e. The van der Waals surface area contributed by atoms with Gasteiger partial charge in [-0.2, -0.15) is 0 Å². The second kappa shape index (κ2) is 1.51. The van der Waals surface area contributed by atoms with E-state index in [0.717, 1.165) is 12.0 Å². The van der Waals surface area contributed by atoms with Crippen LogP contribution in [0, 0.1) is 5.92 Å². The molecule has 52 valence electrons. The van der Waals surface area contributed by atoms with E-state index in [1.165, 1.54) is 19.3 Å². The third-order valence-corrected chi connectivity index (χ3v) is 3.28. The molecule has 0 spiro atoms. The Labute approximate surface area is 56.8 Å². The summed E-state index contributed by atoms with van der Waals surface area (Å²) in [5, 5.41) is 3.56. The van der Waals surface area contributed by atoms with Gasteiger partial charge in [0, 0.05) is 11.6 Å². The predicted molar refractivity (Wildman–Crippen MR) is 38.3 cm³/mol. The minimum Gasteiger partial charge on any atom is -0.305 e. The van der Waals surface area contributed by atoms with E-state index in [0.29, 0.717) is 5.54 Å². The van der Waals surface area contributed by atoms with Crippen molar-refractivity contribution in [2.45, 2.75) is 44.7 Å². The molecular weight excluding hydrogens is 110 g/mol. The first-order valence-corrected chi connectivity index (χ1v) is 4.01. The summed E-state index contributed by atoms with van der Waals surface area (Å²) < 4.78 is 0. The Bertz CT molecular complexity index is 133. The Hall–Kier alpha value is -0.0400. The standard InChI is InChI=1S/C8H15N/c1-6-4-3-5-7-8(6,2)9-7/h6-7,9H,3-5H2,1-2H3/t6-,7-,8+/m0/s1. The van der Waals surface area contributed by atoms with Crippen LogP contribution in [0.4, 0.5) is 0 Å². The highest BCUT2D eigenvalue weighted by Crippen LogP contribution is 2.43.